The maximum atomic E-state index is 12.9. The van der Waals surface area contributed by atoms with Gasteiger partial charge in [-0.25, -0.2) is 17.5 Å². The van der Waals surface area contributed by atoms with E-state index in [2.05, 4.69) is 4.98 Å². The minimum atomic E-state index is -3.74. The summed E-state index contributed by atoms with van der Waals surface area (Å²) in [6, 6.07) is 4.64. The Morgan fingerprint density at radius 1 is 1.26 bits per heavy atom. The van der Waals surface area contributed by atoms with Crippen molar-refractivity contribution in [3.63, 3.8) is 0 Å². The first-order valence-corrected chi connectivity index (χ1v) is 10.7. The van der Waals surface area contributed by atoms with Crippen LogP contribution in [0.25, 0.3) is 11.1 Å². The van der Waals surface area contributed by atoms with Crippen molar-refractivity contribution in [2.75, 3.05) is 20.1 Å². The third-order valence-electron chi connectivity index (χ3n) is 5.62. The Morgan fingerprint density at radius 3 is 2.74 bits per heavy atom. The van der Waals surface area contributed by atoms with E-state index in [9.17, 15) is 18.0 Å². The van der Waals surface area contributed by atoms with Crippen LogP contribution in [0.3, 0.4) is 0 Å². The van der Waals surface area contributed by atoms with Crippen molar-refractivity contribution in [2.45, 2.75) is 43.0 Å². The zero-order valence-electron chi connectivity index (χ0n) is 15.2. The van der Waals surface area contributed by atoms with Gasteiger partial charge in [0.15, 0.2) is 5.58 Å². The quantitative estimate of drug-likeness (QED) is 0.830. The molecule has 2 heterocycles. The molecule has 146 valence electrons. The normalized spacial score (nSPS) is 21.8. The molecule has 9 heteroatoms. The predicted octanol–water partition coefficient (Wildman–Crippen LogP) is 1.53. The zero-order valence-corrected chi connectivity index (χ0v) is 16.0. The Balaban J connectivity index is 1.48. The molecular weight excluding hydrogens is 370 g/mol. The van der Waals surface area contributed by atoms with Gasteiger partial charge in [0.2, 0.25) is 15.9 Å². The van der Waals surface area contributed by atoms with E-state index in [1.807, 2.05) is 4.90 Å². The number of carbonyl (C=O) groups is 1. The van der Waals surface area contributed by atoms with Crippen molar-refractivity contribution in [3.05, 3.63) is 28.7 Å². The van der Waals surface area contributed by atoms with Crippen molar-refractivity contribution in [1.29, 1.82) is 0 Å². The van der Waals surface area contributed by atoms with Gasteiger partial charge in [0, 0.05) is 38.7 Å². The smallest absolute Gasteiger partial charge is 0.408 e. The number of aromatic amines is 1. The highest BCUT2D eigenvalue weighted by Gasteiger charge is 2.37. The van der Waals surface area contributed by atoms with E-state index < -0.39 is 15.8 Å². The van der Waals surface area contributed by atoms with E-state index in [1.54, 1.807) is 0 Å². The first kappa shape index (κ1) is 18.2. The van der Waals surface area contributed by atoms with E-state index >= 15 is 0 Å². The molecule has 2 fully saturated rings. The van der Waals surface area contributed by atoms with Crippen molar-refractivity contribution < 1.29 is 17.6 Å². The van der Waals surface area contributed by atoms with Crippen LogP contribution in [-0.2, 0) is 14.8 Å². The fraction of sp³-hybridized carbons (Fsp3) is 0.556. The third kappa shape index (κ3) is 3.41. The minimum Gasteiger partial charge on any atom is -0.408 e. The number of likely N-dealkylation sites (tertiary alicyclic amines) is 1. The number of H-pyrrole nitrogens is 1. The molecule has 8 nitrogen and oxygen atoms in total. The molecule has 0 spiro atoms. The zero-order chi connectivity index (χ0) is 19.2. The maximum absolute atomic E-state index is 12.9. The standard InChI is InChI=1S/C18H23N3O5S/c1-20(10-12-8-17(22)21(11-12)13-4-2-3-5-13)27(24,25)14-6-7-15-16(9-14)26-18(23)19-15/h6-7,9,12-13H,2-5,8,10-11H2,1H3,(H,19,23). The molecule has 1 aliphatic carbocycles. The number of hydrogen-bond acceptors (Lipinski definition) is 5. The summed E-state index contributed by atoms with van der Waals surface area (Å²) in [5, 5.41) is 0. The SMILES string of the molecule is CN(CC1CC(=O)N(C2CCCC2)C1)S(=O)(=O)c1ccc2[nH]c(=O)oc2c1. The number of rotatable bonds is 5. The lowest BCUT2D eigenvalue weighted by Gasteiger charge is -2.25. The van der Waals surface area contributed by atoms with Crippen LogP contribution in [0.15, 0.2) is 32.3 Å². The lowest BCUT2D eigenvalue weighted by molar-refractivity contribution is -0.129. The topological polar surface area (TPSA) is 104 Å². The molecule has 1 unspecified atom stereocenters. The average Bonchev–Trinajstić information content (AvgIpc) is 3.32. The summed E-state index contributed by atoms with van der Waals surface area (Å²) >= 11 is 0. The molecular formula is C18H23N3O5S. The molecule has 1 atom stereocenters. The minimum absolute atomic E-state index is 0.00760. The second kappa shape index (κ2) is 6.79. The van der Waals surface area contributed by atoms with Crippen LogP contribution in [0, 0.1) is 5.92 Å². The van der Waals surface area contributed by atoms with Crippen LogP contribution in [0.2, 0.25) is 0 Å². The van der Waals surface area contributed by atoms with Crippen molar-refractivity contribution >= 4 is 27.0 Å². The van der Waals surface area contributed by atoms with Gasteiger partial charge < -0.3 is 9.32 Å². The first-order chi connectivity index (χ1) is 12.8. The van der Waals surface area contributed by atoms with E-state index in [4.69, 9.17) is 4.42 Å². The number of amides is 1. The van der Waals surface area contributed by atoms with Gasteiger partial charge in [0.25, 0.3) is 0 Å². The molecule has 2 aromatic rings. The summed E-state index contributed by atoms with van der Waals surface area (Å²) in [6.45, 7) is 0.904. The largest absolute Gasteiger partial charge is 0.417 e. The van der Waals surface area contributed by atoms with Crippen LogP contribution < -0.4 is 5.76 Å². The molecule has 1 saturated carbocycles. The average molecular weight is 393 g/mol. The third-order valence-corrected chi connectivity index (χ3v) is 7.44. The van der Waals surface area contributed by atoms with Crippen LogP contribution in [0.5, 0.6) is 0 Å². The van der Waals surface area contributed by atoms with E-state index in [-0.39, 0.29) is 28.8 Å². The van der Waals surface area contributed by atoms with Crippen molar-refractivity contribution in [3.8, 4) is 0 Å². The van der Waals surface area contributed by atoms with Gasteiger partial charge in [-0.05, 0) is 30.9 Å². The molecule has 1 aromatic heterocycles. The van der Waals surface area contributed by atoms with E-state index in [0.717, 1.165) is 25.7 Å². The number of nitrogens with zero attached hydrogens (tertiary/aromatic N) is 2. The number of nitrogens with one attached hydrogen (secondary N) is 1. The fourth-order valence-corrected chi connectivity index (χ4v) is 5.49. The van der Waals surface area contributed by atoms with Crippen LogP contribution in [-0.4, -0.2) is 54.7 Å². The summed E-state index contributed by atoms with van der Waals surface area (Å²) in [5.41, 5.74) is 0.660. The molecule has 1 saturated heterocycles. The molecule has 1 aliphatic heterocycles. The lowest BCUT2D eigenvalue weighted by Crippen LogP contribution is -2.36. The molecule has 1 N–H and O–H groups in total. The maximum Gasteiger partial charge on any atom is 0.417 e. The number of carbonyl (C=O) groups excluding carboxylic acids is 1. The highest BCUT2D eigenvalue weighted by atomic mass is 32.2. The Kier molecular flexibility index (Phi) is 4.59. The van der Waals surface area contributed by atoms with Gasteiger partial charge in [-0.15, -0.1) is 0 Å². The Labute approximate surface area is 157 Å². The second-order valence-corrected chi connectivity index (χ2v) is 9.56. The van der Waals surface area contributed by atoms with Gasteiger partial charge >= 0.3 is 5.76 Å². The summed E-state index contributed by atoms with van der Waals surface area (Å²) in [7, 11) is -2.21. The summed E-state index contributed by atoms with van der Waals surface area (Å²) < 4.78 is 32.0. The Bertz CT molecular complexity index is 1020. The monoisotopic (exact) mass is 393 g/mol. The van der Waals surface area contributed by atoms with Crippen molar-refractivity contribution in [1.82, 2.24) is 14.2 Å². The van der Waals surface area contributed by atoms with Crippen LogP contribution in [0.4, 0.5) is 0 Å². The van der Waals surface area contributed by atoms with Crippen molar-refractivity contribution in [2.24, 2.45) is 5.92 Å². The molecule has 0 bridgehead atoms. The molecule has 2 aliphatic rings. The van der Waals surface area contributed by atoms with Crippen LogP contribution >= 0.6 is 0 Å². The van der Waals surface area contributed by atoms with Gasteiger partial charge in [-0.2, -0.15) is 0 Å². The summed E-state index contributed by atoms with van der Waals surface area (Å²) in [5.74, 6) is -0.496. The number of benzene rings is 1. The van der Waals surface area contributed by atoms with E-state index in [0.29, 0.717) is 24.5 Å². The number of oxazole rings is 1. The van der Waals surface area contributed by atoms with Gasteiger partial charge in [0.05, 0.1) is 10.4 Å². The second-order valence-electron chi connectivity index (χ2n) is 7.51. The number of hydrogen-bond donors (Lipinski definition) is 1. The predicted molar refractivity (Wildman–Crippen MR) is 98.7 cm³/mol. The molecule has 4 rings (SSSR count). The number of fused-ring (bicyclic) bond motifs is 1. The lowest BCUT2D eigenvalue weighted by atomic mass is 10.1. The summed E-state index contributed by atoms with van der Waals surface area (Å²) in [6.07, 6.45) is 4.81. The molecule has 27 heavy (non-hydrogen) atoms. The van der Waals surface area contributed by atoms with Crippen LogP contribution in [0.1, 0.15) is 32.1 Å². The van der Waals surface area contributed by atoms with Gasteiger partial charge in [0.1, 0.15) is 0 Å². The highest BCUT2D eigenvalue weighted by Crippen LogP contribution is 2.30. The van der Waals surface area contributed by atoms with E-state index in [1.165, 1.54) is 29.6 Å². The first-order valence-electron chi connectivity index (χ1n) is 9.23. The number of sulfonamides is 1. The Hall–Kier alpha value is -2.13. The van der Waals surface area contributed by atoms with Gasteiger partial charge in [-0.3, -0.25) is 9.78 Å². The number of aromatic nitrogens is 1. The highest BCUT2D eigenvalue weighted by molar-refractivity contribution is 7.89. The molecule has 1 aromatic carbocycles. The van der Waals surface area contributed by atoms with Gasteiger partial charge in [-0.1, -0.05) is 12.8 Å². The summed E-state index contributed by atoms with van der Waals surface area (Å²) in [4.78, 5) is 28.1. The Morgan fingerprint density at radius 2 is 2.00 bits per heavy atom. The fourth-order valence-electron chi connectivity index (χ4n) is 4.23. The molecule has 0 radical (unpaired) electrons. The molecule has 1 amide bonds.